The van der Waals surface area contributed by atoms with Gasteiger partial charge in [0.25, 0.3) is 5.91 Å². The first-order valence-corrected chi connectivity index (χ1v) is 6.04. The average Bonchev–Trinajstić information content (AvgIpc) is 2.59. The summed E-state index contributed by atoms with van der Waals surface area (Å²) in [5.74, 6) is -0.00287. The van der Waals surface area contributed by atoms with Crippen LogP contribution in [0.1, 0.15) is 37.7 Å². The summed E-state index contributed by atoms with van der Waals surface area (Å²) >= 11 is 3.37. The lowest BCUT2D eigenvalue weighted by Gasteiger charge is -2.12. The Labute approximate surface area is 99.0 Å². The lowest BCUT2D eigenvalue weighted by atomic mass is 10.2. The van der Waals surface area contributed by atoms with Crippen LogP contribution in [0.4, 0.5) is 0 Å². The van der Waals surface area contributed by atoms with Crippen LogP contribution in [0.5, 0.6) is 0 Å². The number of aryl methyl sites for hydroxylation is 1. The number of aromatic nitrogens is 1. The van der Waals surface area contributed by atoms with Crippen molar-refractivity contribution >= 4 is 21.8 Å². The van der Waals surface area contributed by atoms with Gasteiger partial charge in [0, 0.05) is 23.3 Å². The summed E-state index contributed by atoms with van der Waals surface area (Å²) in [5.41, 5.74) is 0.713. The van der Waals surface area contributed by atoms with E-state index < -0.39 is 0 Å². The van der Waals surface area contributed by atoms with Gasteiger partial charge in [-0.2, -0.15) is 0 Å². The molecular weight excluding hydrogens is 256 g/mol. The van der Waals surface area contributed by atoms with E-state index in [1.165, 1.54) is 0 Å². The van der Waals surface area contributed by atoms with Gasteiger partial charge in [0.05, 0.1) is 0 Å². The van der Waals surface area contributed by atoms with E-state index in [4.69, 9.17) is 0 Å². The summed E-state index contributed by atoms with van der Waals surface area (Å²) in [4.78, 5) is 11.9. The third kappa shape index (κ3) is 3.09. The van der Waals surface area contributed by atoms with Crippen LogP contribution in [0.3, 0.4) is 0 Å². The van der Waals surface area contributed by atoms with Crippen molar-refractivity contribution in [2.45, 2.75) is 39.8 Å². The Kier molecular flexibility index (Phi) is 4.39. The fraction of sp³-hybridized carbons (Fsp3) is 0.545. The highest BCUT2D eigenvalue weighted by molar-refractivity contribution is 9.10. The largest absolute Gasteiger partial charge is 0.348 e. The molecule has 0 saturated heterocycles. The number of hydrogen-bond donors (Lipinski definition) is 1. The zero-order valence-electron chi connectivity index (χ0n) is 9.38. The van der Waals surface area contributed by atoms with Crippen LogP contribution in [0.25, 0.3) is 0 Å². The number of halogens is 1. The molecule has 0 saturated carbocycles. The van der Waals surface area contributed by atoms with Crippen molar-refractivity contribution in [3.8, 4) is 0 Å². The second-order valence-corrected chi connectivity index (χ2v) is 4.53. The molecule has 1 atom stereocenters. The van der Waals surface area contributed by atoms with Crippen molar-refractivity contribution in [2.24, 2.45) is 0 Å². The Balaban J connectivity index is 2.81. The van der Waals surface area contributed by atoms with E-state index >= 15 is 0 Å². The molecular formula is C11H17BrN2O. The van der Waals surface area contributed by atoms with Crippen LogP contribution in [0, 0.1) is 0 Å². The Bertz CT molecular complexity index is 346. The van der Waals surface area contributed by atoms with Gasteiger partial charge in [-0.05, 0) is 42.3 Å². The first-order chi connectivity index (χ1) is 7.08. The second kappa shape index (κ2) is 5.35. The minimum absolute atomic E-state index is 0.00287. The lowest BCUT2D eigenvalue weighted by molar-refractivity contribution is 0.0930. The zero-order chi connectivity index (χ0) is 11.4. The van der Waals surface area contributed by atoms with Gasteiger partial charge < -0.3 is 9.88 Å². The van der Waals surface area contributed by atoms with Gasteiger partial charge in [0.2, 0.25) is 0 Å². The fourth-order valence-electron chi connectivity index (χ4n) is 1.33. The molecule has 0 aliphatic heterocycles. The molecule has 0 aliphatic rings. The monoisotopic (exact) mass is 272 g/mol. The van der Waals surface area contributed by atoms with Crippen LogP contribution in [0.15, 0.2) is 16.7 Å². The number of carbonyl (C=O) groups is 1. The van der Waals surface area contributed by atoms with E-state index in [9.17, 15) is 4.79 Å². The molecule has 15 heavy (non-hydrogen) atoms. The van der Waals surface area contributed by atoms with Gasteiger partial charge in [0.15, 0.2) is 0 Å². The third-order valence-corrected chi connectivity index (χ3v) is 2.86. The maximum Gasteiger partial charge on any atom is 0.268 e. The predicted molar refractivity (Wildman–Crippen MR) is 65.0 cm³/mol. The van der Waals surface area contributed by atoms with Crippen molar-refractivity contribution in [2.75, 3.05) is 0 Å². The van der Waals surface area contributed by atoms with Gasteiger partial charge in [0.1, 0.15) is 5.69 Å². The number of amides is 1. The molecule has 1 aromatic rings. The van der Waals surface area contributed by atoms with Crippen molar-refractivity contribution in [1.29, 1.82) is 0 Å². The van der Waals surface area contributed by atoms with Gasteiger partial charge in [-0.15, -0.1) is 0 Å². The molecule has 0 aliphatic carbocycles. The van der Waals surface area contributed by atoms with Gasteiger partial charge in [-0.25, -0.2) is 0 Å². The third-order valence-electron chi connectivity index (χ3n) is 2.43. The Morgan fingerprint density at radius 2 is 2.27 bits per heavy atom. The molecule has 1 N–H and O–H groups in total. The maximum absolute atomic E-state index is 11.9. The molecule has 0 bridgehead atoms. The van der Waals surface area contributed by atoms with Crippen molar-refractivity contribution in [3.63, 3.8) is 0 Å². The molecule has 1 amide bonds. The molecule has 0 aromatic carbocycles. The maximum atomic E-state index is 11.9. The molecule has 0 radical (unpaired) electrons. The highest BCUT2D eigenvalue weighted by Crippen LogP contribution is 2.15. The zero-order valence-corrected chi connectivity index (χ0v) is 11.0. The number of rotatable bonds is 4. The van der Waals surface area contributed by atoms with E-state index in [0.29, 0.717) is 5.69 Å². The van der Waals surface area contributed by atoms with Crippen molar-refractivity contribution in [3.05, 3.63) is 22.4 Å². The molecule has 4 heteroatoms. The smallest absolute Gasteiger partial charge is 0.268 e. The SMILES string of the molecule is CCC(C)NC(=O)c1cc(Br)cn1CC. The number of nitrogens with one attached hydrogen (secondary N) is 1. The molecule has 1 aromatic heterocycles. The van der Waals surface area contributed by atoms with Crippen molar-refractivity contribution in [1.82, 2.24) is 9.88 Å². The normalized spacial score (nSPS) is 12.5. The fourth-order valence-corrected chi connectivity index (χ4v) is 1.79. The summed E-state index contributed by atoms with van der Waals surface area (Å²) in [6.45, 7) is 6.88. The molecule has 1 heterocycles. The van der Waals surface area contributed by atoms with Crippen molar-refractivity contribution < 1.29 is 4.79 Å². The number of hydrogen-bond acceptors (Lipinski definition) is 1. The first kappa shape index (κ1) is 12.3. The van der Waals surface area contributed by atoms with E-state index in [2.05, 4.69) is 28.2 Å². The van der Waals surface area contributed by atoms with E-state index in [0.717, 1.165) is 17.4 Å². The standard InChI is InChI=1S/C11H17BrN2O/c1-4-8(3)13-11(15)10-6-9(12)7-14(10)5-2/h6-8H,4-5H2,1-3H3,(H,13,15). The second-order valence-electron chi connectivity index (χ2n) is 3.61. The number of carbonyl (C=O) groups excluding carboxylic acids is 1. The summed E-state index contributed by atoms with van der Waals surface area (Å²) in [7, 11) is 0. The Morgan fingerprint density at radius 3 is 2.80 bits per heavy atom. The summed E-state index contributed by atoms with van der Waals surface area (Å²) in [6, 6.07) is 2.07. The van der Waals surface area contributed by atoms with Gasteiger partial charge >= 0.3 is 0 Å². The van der Waals surface area contributed by atoms with Gasteiger partial charge in [-0.3, -0.25) is 4.79 Å². The summed E-state index contributed by atoms with van der Waals surface area (Å²) in [5, 5.41) is 2.95. The number of nitrogens with zero attached hydrogens (tertiary/aromatic N) is 1. The Morgan fingerprint density at radius 1 is 1.60 bits per heavy atom. The molecule has 0 fully saturated rings. The van der Waals surface area contributed by atoms with Gasteiger partial charge in [-0.1, -0.05) is 6.92 Å². The van der Waals surface area contributed by atoms with E-state index in [1.807, 2.05) is 30.7 Å². The van der Waals surface area contributed by atoms with Crippen LogP contribution in [0.2, 0.25) is 0 Å². The van der Waals surface area contributed by atoms with Crippen LogP contribution in [-0.4, -0.2) is 16.5 Å². The highest BCUT2D eigenvalue weighted by Gasteiger charge is 2.13. The van der Waals surface area contributed by atoms with E-state index in [-0.39, 0.29) is 11.9 Å². The first-order valence-electron chi connectivity index (χ1n) is 5.25. The minimum atomic E-state index is -0.00287. The summed E-state index contributed by atoms with van der Waals surface area (Å²) < 4.78 is 2.88. The molecule has 3 nitrogen and oxygen atoms in total. The minimum Gasteiger partial charge on any atom is -0.348 e. The van der Waals surface area contributed by atoms with Crippen LogP contribution >= 0.6 is 15.9 Å². The molecule has 0 spiro atoms. The topological polar surface area (TPSA) is 34.0 Å². The molecule has 84 valence electrons. The predicted octanol–water partition coefficient (Wildman–Crippen LogP) is 2.80. The lowest BCUT2D eigenvalue weighted by Crippen LogP contribution is -2.33. The van der Waals surface area contributed by atoms with E-state index in [1.54, 1.807) is 0 Å². The Hall–Kier alpha value is -0.770. The molecule has 1 unspecified atom stereocenters. The molecule has 1 rings (SSSR count). The van der Waals surface area contributed by atoms with Crippen LogP contribution in [-0.2, 0) is 6.54 Å². The highest BCUT2D eigenvalue weighted by atomic mass is 79.9. The van der Waals surface area contributed by atoms with Crippen LogP contribution < -0.4 is 5.32 Å². The summed E-state index contributed by atoms with van der Waals surface area (Å²) in [6.07, 6.45) is 2.87. The quantitative estimate of drug-likeness (QED) is 0.899. The average molecular weight is 273 g/mol.